The van der Waals surface area contributed by atoms with Crippen molar-refractivity contribution in [3.63, 3.8) is 0 Å². The molecule has 0 aliphatic carbocycles. The number of thiazole rings is 1. The van der Waals surface area contributed by atoms with E-state index in [1.807, 2.05) is 30.3 Å². The zero-order valence-corrected chi connectivity index (χ0v) is 28.1. The average Bonchev–Trinajstić information content (AvgIpc) is 3.31. The molecule has 0 amide bonds. The van der Waals surface area contributed by atoms with E-state index in [9.17, 15) is 9.59 Å². The number of allylic oxidation sites excluding steroid dienone is 1. The summed E-state index contributed by atoms with van der Waals surface area (Å²) in [6.45, 7) is 3.96. The van der Waals surface area contributed by atoms with E-state index < -0.39 is 12.0 Å². The summed E-state index contributed by atoms with van der Waals surface area (Å²) in [7, 11) is 3.06. The molecule has 0 fully saturated rings. The van der Waals surface area contributed by atoms with Gasteiger partial charge in [-0.05, 0) is 73.0 Å². The summed E-state index contributed by atoms with van der Waals surface area (Å²) in [6, 6.07) is 15.4. The molecule has 0 saturated heterocycles. The van der Waals surface area contributed by atoms with E-state index in [0.29, 0.717) is 59.0 Å². The molecular weight excluding hydrogens is 691 g/mol. The number of fused-ring (bicyclic) bond motifs is 1. The van der Waals surface area contributed by atoms with E-state index in [1.54, 1.807) is 44.2 Å². The lowest BCUT2D eigenvalue weighted by atomic mass is 9.95. The first-order chi connectivity index (χ1) is 21.1. The van der Waals surface area contributed by atoms with Gasteiger partial charge in [-0.2, -0.15) is 0 Å². The lowest BCUT2D eigenvalue weighted by Crippen LogP contribution is -2.40. The number of halogens is 3. The maximum absolute atomic E-state index is 14.0. The number of benzene rings is 3. The Morgan fingerprint density at radius 2 is 1.75 bits per heavy atom. The third kappa shape index (κ3) is 6.44. The molecule has 1 atom stereocenters. The average molecular weight is 718 g/mol. The lowest BCUT2D eigenvalue weighted by molar-refractivity contribution is -0.139. The Morgan fingerprint density at radius 1 is 1.05 bits per heavy atom. The minimum absolute atomic E-state index is 0.174. The van der Waals surface area contributed by atoms with Crippen molar-refractivity contribution in [2.75, 3.05) is 20.8 Å². The van der Waals surface area contributed by atoms with E-state index in [0.717, 1.165) is 11.1 Å². The van der Waals surface area contributed by atoms with Gasteiger partial charge < -0.3 is 18.9 Å². The molecule has 44 heavy (non-hydrogen) atoms. The van der Waals surface area contributed by atoms with E-state index in [1.165, 1.54) is 30.1 Å². The monoisotopic (exact) mass is 716 g/mol. The number of aromatic nitrogens is 1. The van der Waals surface area contributed by atoms with Crippen LogP contribution in [0.15, 0.2) is 80.1 Å². The molecule has 5 rings (SSSR count). The zero-order valence-electron chi connectivity index (χ0n) is 24.2. The number of rotatable bonds is 9. The molecule has 1 aliphatic heterocycles. The third-order valence-electron chi connectivity index (χ3n) is 6.88. The largest absolute Gasteiger partial charge is 0.493 e. The van der Waals surface area contributed by atoms with Crippen molar-refractivity contribution in [2.45, 2.75) is 26.5 Å². The maximum atomic E-state index is 14.0. The van der Waals surface area contributed by atoms with Crippen LogP contribution in [0.4, 0.5) is 0 Å². The fourth-order valence-corrected chi connectivity index (χ4v) is 6.68. The van der Waals surface area contributed by atoms with Crippen LogP contribution >= 0.6 is 50.5 Å². The van der Waals surface area contributed by atoms with Gasteiger partial charge in [0.2, 0.25) is 0 Å². The fourth-order valence-electron chi connectivity index (χ4n) is 4.77. The summed E-state index contributed by atoms with van der Waals surface area (Å²) in [6.07, 6.45) is 1.79. The standard InChI is InChI=1S/C32H27BrCl2N2O6S/c1-5-42-31(39)28-17(2)36-32-37(29(28)21-14-25(40-3)26(41-4)15-22(21)33)30(38)27(44-32)13-18-6-9-20(10-7-18)43-16-19-8-11-23(34)24(35)12-19/h6-15,29H,5,16H2,1-4H3/b27-13+/t29-/m1/s1. The van der Waals surface area contributed by atoms with Gasteiger partial charge in [-0.3, -0.25) is 9.36 Å². The van der Waals surface area contributed by atoms with Gasteiger partial charge in [-0.25, -0.2) is 9.79 Å². The molecule has 3 aromatic carbocycles. The summed E-state index contributed by atoms with van der Waals surface area (Å²) < 4.78 is 24.9. The van der Waals surface area contributed by atoms with Crippen LogP contribution in [0.3, 0.4) is 0 Å². The molecule has 0 unspecified atom stereocenters. The summed E-state index contributed by atoms with van der Waals surface area (Å²) in [5.41, 5.74) is 2.74. The van der Waals surface area contributed by atoms with Crippen molar-refractivity contribution in [2.24, 2.45) is 4.99 Å². The van der Waals surface area contributed by atoms with Crippen molar-refractivity contribution >= 4 is 62.5 Å². The van der Waals surface area contributed by atoms with Gasteiger partial charge in [-0.1, -0.05) is 68.7 Å². The van der Waals surface area contributed by atoms with Crippen LogP contribution < -0.4 is 29.1 Å². The van der Waals surface area contributed by atoms with Crippen molar-refractivity contribution in [3.05, 3.63) is 117 Å². The quantitative estimate of drug-likeness (QED) is 0.185. The smallest absolute Gasteiger partial charge is 0.338 e. The second-order valence-corrected chi connectivity index (χ2v) is 12.3. The van der Waals surface area contributed by atoms with E-state index in [2.05, 4.69) is 20.9 Å². The predicted molar refractivity (Wildman–Crippen MR) is 175 cm³/mol. The van der Waals surface area contributed by atoms with Crippen molar-refractivity contribution in [3.8, 4) is 17.2 Å². The normalized spacial score (nSPS) is 14.6. The van der Waals surface area contributed by atoms with Gasteiger partial charge in [0.25, 0.3) is 5.56 Å². The molecule has 0 radical (unpaired) electrons. The maximum Gasteiger partial charge on any atom is 0.338 e. The molecular formula is C32H27BrCl2N2O6S. The molecule has 2 heterocycles. The first kappa shape index (κ1) is 31.8. The zero-order chi connectivity index (χ0) is 31.5. The van der Waals surface area contributed by atoms with Gasteiger partial charge in [0.1, 0.15) is 12.4 Å². The highest BCUT2D eigenvalue weighted by Gasteiger charge is 2.35. The Labute approximate surface area is 275 Å². The topological polar surface area (TPSA) is 88.4 Å². The molecule has 228 valence electrons. The van der Waals surface area contributed by atoms with Gasteiger partial charge in [0.05, 0.1) is 52.7 Å². The number of hydrogen-bond acceptors (Lipinski definition) is 8. The molecule has 1 aromatic heterocycles. The van der Waals surface area contributed by atoms with Gasteiger partial charge in [0, 0.05) is 4.47 Å². The van der Waals surface area contributed by atoms with Crippen LogP contribution in [-0.2, 0) is 16.1 Å². The first-order valence-electron chi connectivity index (χ1n) is 13.4. The van der Waals surface area contributed by atoms with Crippen molar-refractivity contribution in [1.29, 1.82) is 0 Å². The highest BCUT2D eigenvalue weighted by atomic mass is 79.9. The predicted octanol–water partition coefficient (Wildman–Crippen LogP) is 6.46. The Morgan fingerprint density at radius 3 is 2.41 bits per heavy atom. The molecule has 8 nitrogen and oxygen atoms in total. The summed E-state index contributed by atoms with van der Waals surface area (Å²) in [5, 5.41) is 0.954. The summed E-state index contributed by atoms with van der Waals surface area (Å²) >= 11 is 17.0. The van der Waals surface area contributed by atoms with Crippen LogP contribution in [0.2, 0.25) is 10.0 Å². The minimum Gasteiger partial charge on any atom is -0.493 e. The fraction of sp³-hybridized carbons (Fsp3) is 0.219. The van der Waals surface area contributed by atoms with Gasteiger partial charge in [0.15, 0.2) is 16.3 Å². The van der Waals surface area contributed by atoms with Crippen LogP contribution in [0.5, 0.6) is 17.2 Å². The van der Waals surface area contributed by atoms with Crippen molar-refractivity contribution in [1.82, 2.24) is 4.57 Å². The number of ether oxygens (including phenoxy) is 4. The molecule has 0 N–H and O–H groups in total. The van der Waals surface area contributed by atoms with E-state index in [4.69, 9.17) is 42.1 Å². The number of nitrogens with zero attached hydrogens (tertiary/aromatic N) is 2. The van der Waals surface area contributed by atoms with Crippen LogP contribution in [0, 0.1) is 0 Å². The highest BCUT2D eigenvalue weighted by molar-refractivity contribution is 9.10. The van der Waals surface area contributed by atoms with Crippen LogP contribution in [-0.4, -0.2) is 31.4 Å². The molecule has 0 spiro atoms. The Kier molecular flexibility index (Phi) is 9.84. The minimum atomic E-state index is -0.821. The van der Waals surface area contributed by atoms with Gasteiger partial charge >= 0.3 is 5.97 Å². The number of carbonyl (C=O) groups is 1. The second-order valence-electron chi connectivity index (χ2n) is 9.64. The molecule has 0 saturated carbocycles. The van der Waals surface area contributed by atoms with Crippen LogP contribution in [0.1, 0.15) is 36.6 Å². The second kappa shape index (κ2) is 13.6. The van der Waals surface area contributed by atoms with E-state index >= 15 is 0 Å². The van der Waals surface area contributed by atoms with Gasteiger partial charge in [-0.15, -0.1) is 0 Å². The highest BCUT2D eigenvalue weighted by Crippen LogP contribution is 2.40. The number of esters is 1. The molecule has 0 bridgehead atoms. The summed E-state index contributed by atoms with van der Waals surface area (Å²) in [4.78, 5) is 32.3. The number of hydrogen-bond donors (Lipinski definition) is 0. The van der Waals surface area contributed by atoms with Crippen molar-refractivity contribution < 1.29 is 23.7 Å². The third-order valence-corrected chi connectivity index (χ3v) is 9.29. The molecule has 1 aliphatic rings. The number of carbonyl (C=O) groups excluding carboxylic acids is 1. The first-order valence-corrected chi connectivity index (χ1v) is 15.8. The lowest BCUT2D eigenvalue weighted by Gasteiger charge is -2.26. The number of methoxy groups -OCH3 is 2. The Hall–Kier alpha value is -3.57. The molecule has 4 aromatic rings. The Balaban J connectivity index is 1.53. The summed E-state index contributed by atoms with van der Waals surface area (Å²) in [5.74, 6) is 1.05. The van der Waals surface area contributed by atoms with E-state index in [-0.39, 0.29) is 17.7 Å². The molecule has 12 heteroatoms. The Bertz CT molecular complexity index is 1950. The SMILES string of the molecule is CCOC(=O)C1=C(C)N=c2s/c(=C/c3ccc(OCc4ccc(Cl)c(Cl)c4)cc3)c(=O)n2[C@@H]1c1cc(OC)c(OC)cc1Br. The van der Waals surface area contributed by atoms with Crippen LogP contribution in [0.25, 0.3) is 6.08 Å².